The molecule has 0 aromatic carbocycles. The Morgan fingerprint density at radius 2 is 1.81 bits per heavy atom. The zero-order valence-corrected chi connectivity index (χ0v) is 13.3. The van der Waals surface area contributed by atoms with Crippen molar-refractivity contribution in [3.05, 3.63) is 12.2 Å². The maximum Gasteiger partial charge on any atom is 0.159 e. The molecule has 0 heterocycles. The minimum atomic E-state index is -0.0955. The highest BCUT2D eigenvalue weighted by atomic mass is 16.3. The number of ketones is 1. The van der Waals surface area contributed by atoms with Crippen molar-refractivity contribution in [2.75, 3.05) is 0 Å². The molecule has 0 saturated heterocycles. The van der Waals surface area contributed by atoms with E-state index in [2.05, 4.69) is 19.9 Å². The van der Waals surface area contributed by atoms with Crippen LogP contribution >= 0.6 is 0 Å². The number of aliphatic hydroxyl groups is 1. The second-order valence-electron chi connectivity index (χ2n) is 8.66. The third-order valence-corrected chi connectivity index (χ3v) is 8.00. The molecular weight excluding hydrogens is 260 g/mol. The molecule has 1 N–H and O–H groups in total. The van der Waals surface area contributed by atoms with Crippen molar-refractivity contribution in [3.63, 3.8) is 0 Å². The lowest BCUT2D eigenvalue weighted by atomic mass is 9.46. The van der Waals surface area contributed by atoms with Crippen LogP contribution < -0.4 is 0 Å². The van der Waals surface area contributed by atoms with Crippen LogP contribution in [0.4, 0.5) is 0 Å². The van der Waals surface area contributed by atoms with E-state index in [4.69, 9.17) is 0 Å². The van der Waals surface area contributed by atoms with Gasteiger partial charge in [0.05, 0.1) is 6.10 Å². The minimum Gasteiger partial charge on any atom is -0.393 e. The van der Waals surface area contributed by atoms with Crippen LogP contribution in [0.5, 0.6) is 0 Å². The molecule has 116 valence electrons. The van der Waals surface area contributed by atoms with Gasteiger partial charge in [-0.15, -0.1) is 0 Å². The number of fused-ring (bicyclic) bond motifs is 5. The van der Waals surface area contributed by atoms with E-state index in [9.17, 15) is 9.90 Å². The van der Waals surface area contributed by atoms with Crippen molar-refractivity contribution >= 4 is 5.78 Å². The topological polar surface area (TPSA) is 37.3 Å². The van der Waals surface area contributed by atoms with Gasteiger partial charge in [0.25, 0.3) is 0 Å². The molecule has 3 saturated carbocycles. The van der Waals surface area contributed by atoms with E-state index in [1.165, 1.54) is 19.3 Å². The molecule has 0 amide bonds. The molecule has 21 heavy (non-hydrogen) atoms. The van der Waals surface area contributed by atoms with Crippen LogP contribution in [0.3, 0.4) is 0 Å². The summed E-state index contributed by atoms with van der Waals surface area (Å²) in [6.45, 7) is 4.70. The molecule has 3 fully saturated rings. The molecule has 0 aromatic heterocycles. The van der Waals surface area contributed by atoms with Gasteiger partial charge >= 0.3 is 0 Å². The molecule has 7 atom stereocenters. The lowest BCUT2D eigenvalue weighted by Gasteiger charge is -2.58. The largest absolute Gasteiger partial charge is 0.393 e. The Labute approximate surface area is 128 Å². The van der Waals surface area contributed by atoms with Crippen LogP contribution in [-0.4, -0.2) is 17.0 Å². The van der Waals surface area contributed by atoms with Gasteiger partial charge in [0, 0.05) is 5.92 Å². The first-order chi connectivity index (χ1) is 9.97. The fourth-order valence-corrected chi connectivity index (χ4v) is 6.73. The molecule has 4 aliphatic carbocycles. The first kappa shape index (κ1) is 14.0. The molecule has 0 radical (unpaired) electrons. The van der Waals surface area contributed by atoms with Crippen LogP contribution in [0.25, 0.3) is 0 Å². The summed E-state index contributed by atoms with van der Waals surface area (Å²) in [5.41, 5.74) is 0.336. The highest BCUT2D eigenvalue weighted by molar-refractivity contribution is 5.93. The Kier molecular flexibility index (Phi) is 2.96. The van der Waals surface area contributed by atoms with Crippen LogP contribution in [0, 0.1) is 34.5 Å². The van der Waals surface area contributed by atoms with E-state index < -0.39 is 0 Å². The molecule has 7 unspecified atom stereocenters. The van der Waals surface area contributed by atoms with Gasteiger partial charge in [-0.3, -0.25) is 4.79 Å². The molecule has 4 rings (SSSR count). The molecular formula is C19H28O2. The number of carbonyl (C=O) groups excluding carboxylic acids is 1. The van der Waals surface area contributed by atoms with E-state index in [1.807, 2.05) is 6.08 Å². The highest BCUT2D eigenvalue weighted by Crippen LogP contribution is 2.65. The van der Waals surface area contributed by atoms with E-state index in [-0.39, 0.29) is 22.9 Å². The first-order valence-corrected chi connectivity index (χ1v) is 8.85. The number of rotatable bonds is 0. The minimum absolute atomic E-state index is 0.0955. The van der Waals surface area contributed by atoms with Crippen LogP contribution in [0.15, 0.2) is 12.2 Å². The van der Waals surface area contributed by atoms with Crippen LogP contribution in [0.2, 0.25) is 0 Å². The SMILES string of the molecule is CC12CCC3C(CCC4C(=O)C=CCC43C)C1CCC2O. The molecule has 0 spiro atoms. The van der Waals surface area contributed by atoms with Gasteiger partial charge in [-0.1, -0.05) is 19.9 Å². The summed E-state index contributed by atoms with van der Waals surface area (Å²) in [5.74, 6) is 2.75. The zero-order chi connectivity index (χ0) is 14.8. The van der Waals surface area contributed by atoms with Crippen LogP contribution in [0.1, 0.15) is 58.8 Å². The number of carbonyl (C=O) groups is 1. The highest BCUT2D eigenvalue weighted by Gasteiger charge is 2.60. The molecule has 4 aliphatic rings. The van der Waals surface area contributed by atoms with Crippen LogP contribution in [-0.2, 0) is 4.79 Å². The summed E-state index contributed by atoms with van der Waals surface area (Å²) < 4.78 is 0. The van der Waals surface area contributed by atoms with Gasteiger partial charge in [-0.2, -0.15) is 0 Å². The second-order valence-corrected chi connectivity index (χ2v) is 8.66. The van der Waals surface area contributed by atoms with Gasteiger partial charge in [0.15, 0.2) is 5.78 Å². The Morgan fingerprint density at radius 3 is 2.62 bits per heavy atom. The Morgan fingerprint density at radius 1 is 1.05 bits per heavy atom. The average Bonchev–Trinajstić information content (AvgIpc) is 2.75. The number of hydrogen-bond acceptors (Lipinski definition) is 2. The summed E-state index contributed by atoms with van der Waals surface area (Å²) in [5, 5.41) is 10.4. The fraction of sp³-hybridized carbons (Fsp3) is 0.842. The Balaban J connectivity index is 1.68. The third-order valence-electron chi connectivity index (χ3n) is 8.00. The first-order valence-electron chi connectivity index (χ1n) is 8.85. The Bertz CT molecular complexity index is 496. The van der Waals surface area contributed by atoms with Gasteiger partial charge in [-0.25, -0.2) is 0 Å². The van der Waals surface area contributed by atoms with Crippen molar-refractivity contribution in [3.8, 4) is 0 Å². The number of hydrogen-bond donors (Lipinski definition) is 1. The van der Waals surface area contributed by atoms with E-state index in [0.717, 1.165) is 31.6 Å². The van der Waals surface area contributed by atoms with Crippen molar-refractivity contribution in [1.82, 2.24) is 0 Å². The predicted molar refractivity (Wildman–Crippen MR) is 82.6 cm³/mol. The summed E-state index contributed by atoms with van der Waals surface area (Å²) >= 11 is 0. The maximum absolute atomic E-state index is 12.3. The lowest BCUT2D eigenvalue weighted by molar-refractivity contribution is -0.140. The summed E-state index contributed by atoms with van der Waals surface area (Å²) in [4.78, 5) is 12.3. The number of allylic oxidation sites excluding steroid dienone is 2. The summed E-state index contributed by atoms with van der Waals surface area (Å²) in [6, 6.07) is 0. The average molecular weight is 288 g/mol. The van der Waals surface area contributed by atoms with E-state index >= 15 is 0 Å². The standard InChI is InChI=1S/C19H28O2/c1-18-10-3-4-16(20)15(18)6-5-12-13-7-8-17(21)19(13,2)11-9-14(12)18/h3-4,12-15,17,21H,5-11H2,1-2H3. The smallest absolute Gasteiger partial charge is 0.159 e. The Hall–Kier alpha value is -0.630. The number of aliphatic hydroxyl groups excluding tert-OH is 1. The van der Waals surface area contributed by atoms with Gasteiger partial charge in [-0.05, 0) is 79.6 Å². The zero-order valence-electron chi connectivity index (χ0n) is 13.3. The van der Waals surface area contributed by atoms with Crippen molar-refractivity contribution < 1.29 is 9.90 Å². The molecule has 2 heteroatoms. The molecule has 0 bridgehead atoms. The quantitative estimate of drug-likeness (QED) is 0.737. The maximum atomic E-state index is 12.3. The van der Waals surface area contributed by atoms with E-state index in [1.54, 1.807) is 0 Å². The summed E-state index contributed by atoms with van der Waals surface area (Å²) in [6.07, 6.45) is 11.8. The lowest BCUT2D eigenvalue weighted by Crippen LogP contribution is -2.54. The van der Waals surface area contributed by atoms with Crippen molar-refractivity contribution in [2.45, 2.75) is 64.9 Å². The van der Waals surface area contributed by atoms with Crippen molar-refractivity contribution in [2.24, 2.45) is 34.5 Å². The van der Waals surface area contributed by atoms with Gasteiger partial charge < -0.3 is 5.11 Å². The third kappa shape index (κ3) is 1.72. The van der Waals surface area contributed by atoms with Crippen molar-refractivity contribution in [1.29, 1.82) is 0 Å². The molecule has 0 aromatic rings. The summed E-state index contributed by atoms with van der Waals surface area (Å²) in [7, 11) is 0. The normalized spacial score (nSPS) is 55.8. The predicted octanol–water partition coefficient (Wildman–Crippen LogP) is 3.74. The van der Waals surface area contributed by atoms with E-state index in [0.29, 0.717) is 17.6 Å². The monoisotopic (exact) mass is 288 g/mol. The van der Waals surface area contributed by atoms with Gasteiger partial charge in [0.1, 0.15) is 0 Å². The molecule has 0 aliphatic heterocycles. The molecule has 2 nitrogen and oxygen atoms in total. The van der Waals surface area contributed by atoms with Gasteiger partial charge in [0.2, 0.25) is 0 Å². The fourth-order valence-electron chi connectivity index (χ4n) is 6.73. The second kappa shape index (κ2) is 4.44.